The van der Waals surface area contributed by atoms with Gasteiger partial charge in [-0.15, -0.1) is 0 Å². The van der Waals surface area contributed by atoms with E-state index in [0.29, 0.717) is 36.9 Å². The van der Waals surface area contributed by atoms with Crippen molar-refractivity contribution < 1.29 is 13.5 Å². The lowest BCUT2D eigenvalue weighted by Gasteiger charge is -2.39. The van der Waals surface area contributed by atoms with E-state index in [0.717, 1.165) is 0 Å². The van der Waals surface area contributed by atoms with Gasteiger partial charge in [-0.1, -0.05) is 11.6 Å². The molecule has 1 aliphatic rings. The maximum Gasteiger partial charge on any atom is 0.244 e. The van der Waals surface area contributed by atoms with Crippen LogP contribution in [0.2, 0.25) is 5.15 Å². The summed E-state index contributed by atoms with van der Waals surface area (Å²) in [6.07, 6.45) is 0.881. The van der Waals surface area contributed by atoms with Gasteiger partial charge in [0, 0.05) is 38.4 Å². The minimum Gasteiger partial charge on any atom is -0.392 e. The highest BCUT2D eigenvalue weighted by atomic mass is 35.5. The first kappa shape index (κ1) is 17.6. The molecule has 0 saturated carbocycles. The number of β-amino-alcohol motifs (C(OH)–C–C–N with tert-alkyl or cyclic N) is 1. The summed E-state index contributed by atoms with van der Waals surface area (Å²) in [5.74, 6) is 0. The van der Waals surface area contributed by atoms with Crippen molar-refractivity contribution in [2.24, 2.45) is 0 Å². The van der Waals surface area contributed by atoms with Gasteiger partial charge in [0.2, 0.25) is 10.0 Å². The quantitative estimate of drug-likeness (QED) is 0.826. The summed E-state index contributed by atoms with van der Waals surface area (Å²) in [6, 6.07) is 1.61. The smallest absolute Gasteiger partial charge is 0.244 e. The molecule has 0 amide bonds. The molecule has 2 unspecified atom stereocenters. The van der Waals surface area contributed by atoms with Crippen LogP contribution in [-0.4, -0.2) is 66.0 Å². The number of hydrogen-bond acceptors (Lipinski definition) is 5. The Labute approximate surface area is 136 Å². The minimum absolute atomic E-state index is 0.0551. The first-order valence-corrected chi connectivity index (χ1v) is 9.08. The topological polar surface area (TPSA) is 73.7 Å². The van der Waals surface area contributed by atoms with Gasteiger partial charge in [-0.25, -0.2) is 13.4 Å². The van der Waals surface area contributed by atoms with Gasteiger partial charge in [-0.3, -0.25) is 4.90 Å². The van der Waals surface area contributed by atoms with E-state index in [2.05, 4.69) is 9.88 Å². The lowest BCUT2D eigenvalue weighted by molar-refractivity contribution is 0.0699. The van der Waals surface area contributed by atoms with Crippen molar-refractivity contribution in [3.05, 3.63) is 23.0 Å². The normalized spacial score (nSPS) is 22.7. The van der Waals surface area contributed by atoms with E-state index in [1.165, 1.54) is 10.5 Å². The van der Waals surface area contributed by atoms with Gasteiger partial charge >= 0.3 is 0 Å². The molecule has 6 nitrogen and oxygen atoms in total. The lowest BCUT2D eigenvalue weighted by atomic mass is 10.2. The van der Waals surface area contributed by atoms with E-state index in [-0.39, 0.29) is 10.9 Å². The Balaban J connectivity index is 2.16. The zero-order valence-corrected chi connectivity index (χ0v) is 14.6. The average Bonchev–Trinajstić information content (AvgIpc) is 2.43. The number of aromatic nitrogens is 1. The second-order valence-corrected chi connectivity index (χ2v) is 8.13. The number of aliphatic hydroxyl groups is 1. The Morgan fingerprint density at radius 2 is 2.18 bits per heavy atom. The molecule has 0 aromatic carbocycles. The number of pyridine rings is 1. The van der Waals surface area contributed by atoms with E-state index >= 15 is 0 Å². The van der Waals surface area contributed by atoms with Crippen LogP contribution in [-0.2, 0) is 10.0 Å². The summed E-state index contributed by atoms with van der Waals surface area (Å²) in [6.45, 7) is 7.39. The summed E-state index contributed by atoms with van der Waals surface area (Å²) in [5, 5.41) is 9.80. The van der Waals surface area contributed by atoms with Gasteiger partial charge in [0.1, 0.15) is 10.0 Å². The number of piperazine rings is 1. The Hall–Kier alpha value is -0.730. The van der Waals surface area contributed by atoms with Gasteiger partial charge < -0.3 is 5.11 Å². The molecule has 2 heterocycles. The first-order chi connectivity index (χ1) is 10.2. The second-order valence-electron chi connectivity index (χ2n) is 5.83. The van der Waals surface area contributed by atoms with Crippen molar-refractivity contribution in [2.75, 3.05) is 26.2 Å². The third-order valence-electron chi connectivity index (χ3n) is 3.85. The van der Waals surface area contributed by atoms with Crippen LogP contribution < -0.4 is 0 Å². The van der Waals surface area contributed by atoms with Crippen LogP contribution in [0.15, 0.2) is 17.2 Å². The van der Waals surface area contributed by atoms with Crippen LogP contribution >= 0.6 is 11.6 Å². The van der Waals surface area contributed by atoms with Gasteiger partial charge in [0.25, 0.3) is 0 Å². The number of halogens is 1. The molecule has 1 N–H and O–H groups in total. The van der Waals surface area contributed by atoms with Crippen LogP contribution in [0.1, 0.15) is 19.4 Å². The lowest BCUT2D eigenvalue weighted by Crippen LogP contribution is -2.54. The number of rotatable bonds is 4. The van der Waals surface area contributed by atoms with Crippen molar-refractivity contribution in [3.63, 3.8) is 0 Å². The highest BCUT2D eigenvalue weighted by Gasteiger charge is 2.32. The molecule has 124 valence electrons. The molecular weight excluding hydrogens is 326 g/mol. The molecule has 0 radical (unpaired) electrons. The molecular formula is C14H22ClN3O3S. The molecule has 1 saturated heterocycles. The third-order valence-corrected chi connectivity index (χ3v) is 6.08. The van der Waals surface area contributed by atoms with Crippen LogP contribution in [0.4, 0.5) is 0 Å². The van der Waals surface area contributed by atoms with Gasteiger partial charge in [-0.05, 0) is 32.4 Å². The minimum atomic E-state index is -3.56. The summed E-state index contributed by atoms with van der Waals surface area (Å²) < 4.78 is 26.9. The summed E-state index contributed by atoms with van der Waals surface area (Å²) in [4.78, 5) is 6.20. The molecule has 1 fully saturated rings. The average molecular weight is 348 g/mol. The van der Waals surface area contributed by atoms with Gasteiger partial charge in [-0.2, -0.15) is 4.31 Å². The number of hydrogen-bond donors (Lipinski definition) is 1. The maximum atomic E-state index is 12.7. The number of aliphatic hydroxyl groups excluding tert-OH is 1. The van der Waals surface area contributed by atoms with E-state index in [1.54, 1.807) is 19.9 Å². The van der Waals surface area contributed by atoms with E-state index in [4.69, 9.17) is 11.6 Å². The van der Waals surface area contributed by atoms with Crippen molar-refractivity contribution in [1.82, 2.24) is 14.2 Å². The largest absolute Gasteiger partial charge is 0.392 e. The van der Waals surface area contributed by atoms with Gasteiger partial charge in [0.05, 0.1) is 6.10 Å². The monoisotopic (exact) mass is 347 g/mol. The standard InChI is InChI=1S/C14H22ClN3O3S/c1-10-6-13(7-16-14(10)15)22(20,21)18-5-4-17(9-12(3)19)11(2)8-18/h6-7,11-12,19H,4-5,8-9H2,1-3H3. The highest BCUT2D eigenvalue weighted by molar-refractivity contribution is 7.89. The van der Waals surface area contributed by atoms with E-state index in [9.17, 15) is 13.5 Å². The SMILES string of the molecule is Cc1cc(S(=O)(=O)N2CCN(CC(C)O)C(C)C2)cnc1Cl. The fourth-order valence-electron chi connectivity index (χ4n) is 2.61. The molecule has 0 aliphatic carbocycles. The zero-order valence-electron chi connectivity index (χ0n) is 13.0. The Morgan fingerprint density at radius 1 is 1.50 bits per heavy atom. The van der Waals surface area contributed by atoms with Crippen molar-refractivity contribution >= 4 is 21.6 Å². The Kier molecular flexibility index (Phi) is 5.45. The summed E-state index contributed by atoms with van der Waals surface area (Å²) in [7, 11) is -3.56. The van der Waals surface area contributed by atoms with Crippen molar-refractivity contribution in [2.45, 2.75) is 37.8 Å². The van der Waals surface area contributed by atoms with E-state index in [1.807, 2.05) is 6.92 Å². The van der Waals surface area contributed by atoms with Crippen LogP contribution in [0, 0.1) is 6.92 Å². The number of aryl methyl sites for hydroxylation is 1. The fraction of sp³-hybridized carbons (Fsp3) is 0.643. The molecule has 0 bridgehead atoms. The molecule has 1 aromatic heterocycles. The first-order valence-electron chi connectivity index (χ1n) is 7.26. The van der Waals surface area contributed by atoms with Crippen LogP contribution in [0.25, 0.3) is 0 Å². The maximum absolute atomic E-state index is 12.7. The molecule has 1 aliphatic heterocycles. The van der Waals surface area contributed by atoms with Gasteiger partial charge in [0.15, 0.2) is 0 Å². The molecule has 2 rings (SSSR count). The Bertz CT molecular complexity index is 636. The molecule has 8 heteroatoms. The van der Waals surface area contributed by atoms with Crippen LogP contribution in [0.5, 0.6) is 0 Å². The number of sulfonamides is 1. The second kappa shape index (κ2) is 6.80. The third kappa shape index (κ3) is 3.78. The predicted molar refractivity (Wildman–Crippen MR) is 85.5 cm³/mol. The predicted octanol–water partition coefficient (Wildman–Crippen LogP) is 1.12. The van der Waals surface area contributed by atoms with Crippen molar-refractivity contribution in [1.29, 1.82) is 0 Å². The Morgan fingerprint density at radius 3 is 2.73 bits per heavy atom. The summed E-state index contributed by atoms with van der Waals surface area (Å²) in [5.41, 5.74) is 0.642. The molecule has 22 heavy (non-hydrogen) atoms. The molecule has 2 atom stereocenters. The molecule has 0 spiro atoms. The number of nitrogens with zero attached hydrogens (tertiary/aromatic N) is 3. The van der Waals surface area contributed by atoms with E-state index < -0.39 is 16.1 Å². The highest BCUT2D eigenvalue weighted by Crippen LogP contribution is 2.22. The fourth-order valence-corrected chi connectivity index (χ4v) is 4.26. The van der Waals surface area contributed by atoms with Crippen LogP contribution in [0.3, 0.4) is 0 Å². The van der Waals surface area contributed by atoms with Crippen molar-refractivity contribution in [3.8, 4) is 0 Å². The summed E-state index contributed by atoms with van der Waals surface area (Å²) >= 11 is 5.86. The molecule has 1 aromatic rings. The zero-order chi connectivity index (χ0) is 16.5.